The molecule has 32 heavy (non-hydrogen) atoms. The minimum atomic E-state index is -0.0894. The number of fused-ring (bicyclic) bond motifs is 1. The normalized spacial score (nSPS) is 18.4. The van der Waals surface area contributed by atoms with E-state index in [1.54, 1.807) is 0 Å². The van der Waals surface area contributed by atoms with Gasteiger partial charge in [0.25, 0.3) is 0 Å². The van der Waals surface area contributed by atoms with Gasteiger partial charge in [-0.05, 0) is 50.5 Å². The average Bonchev–Trinajstić information content (AvgIpc) is 3.26. The molecule has 0 spiro atoms. The van der Waals surface area contributed by atoms with E-state index in [9.17, 15) is 9.59 Å². The van der Waals surface area contributed by atoms with Crippen molar-refractivity contribution in [1.29, 1.82) is 0 Å². The van der Waals surface area contributed by atoms with Crippen LogP contribution in [0.3, 0.4) is 0 Å². The summed E-state index contributed by atoms with van der Waals surface area (Å²) in [5.74, 6) is 2.09. The highest BCUT2D eigenvalue weighted by molar-refractivity contribution is 5.95. The second-order valence-corrected chi connectivity index (χ2v) is 9.45. The fourth-order valence-corrected chi connectivity index (χ4v) is 4.87. The lowest BCUT2D eigenvalue weighted by Crippen LogP contribution is -2.38. The average molecular weight is 435 g/mol. The Kier molecular flexibility index (Phi) is 6.87. The Labute approximate surface area is 191 Å². The molecule has 0 aliphatic carbocycles. The molecule has 2 amide bonds. The highest BCUT2D eigenvalue weighted by Gasteiger charge is 2.35. The first kappa shape index (κ1) is 22.4. The van der Waals surface area contributed by atoms with E-state index in [0.29, 0.717) is 37.5 Å². The van der Waals surface area contributed by atoms with E-state index in [-0.39, 0.29) is 17.9 Å². The van der Waals surface area contributed by atoms with Crippen LogP contribution < -0.4 is 4.90 Å². The van der Waals surface area contributed by atoms with Crippen LogP contribution in [0.5, 0.6) is 0 Å². The van der Waals surface area contributed by atoms with E-state index in [1.165, 1.54) is 5.56 Å². The van der Waals surface area contributed by atoms with E-state index >= 15 is 0 Å². The van der Waals surface area contributed by atoms with Crippen LogP contribution in [0, 0.1) is 12.8 Å². The summed E-state index contributed by atoms with van der Waals surface area (Å²) in [4.78, 5) is 39.2. The minimum absolute atomic E-state index is 0.0894. The summed E-state index contributed by atoms with van der Waals surface area (Å²) < 4.78 is 0. The highest BCUT2D eigenvalue weighted by Crippen LogP contribution is 2.35. The Morgan fingerprint density at radius 2 is 1.94 bits per heavy atom. The first-order valence-electron chi connectivity index (χ1n) is 11.9. The molecule has 6 nitrogen and oxygen atoms in total. The van der Waals surface area contributed by atoms with Gasteiger partial charge in [0.15, 0.2) is 5.82 Å². The van der Waals surface area contributed by atoms with E-state index in [4.69, 9.17) is 9.97 Å². The van der Waals surface area contributed by atoms with Gasteiger partial charge in [-0.2, -0.15) is 0 Å². The zero-order chi connectivity index (χ0) is 22.7. The van der Waals surface area contributed by atoms with E-state index in [2.05, 4.69) is 26.0 Å². The summed E-state index contributed by atoms with van der Waals surface area (Å²) in [6.45, 7) is 7.56. The van der Waals surface area contributed by atoms with Crippen molar-refractivity contribution in [1.82, 2.24) is 14.9 Å². The van der Waals surface area contributed by atoms with Crippen LogP contribution in [-0.2, 0) is 22.4 Å². The third kappa shape index (κ3) is 4.84. The number of likely N-dealkylation sites (tertiary alicyclic amines) is 1. The lowest BCUT2D eigenvalue weighted by Gasteiger charge is -2.31. The van der Waals surface area contributed by atoms with Gasteiger partial charge in [0.1, 0.15) is 5.82 Å². The summed E-state index contributed by atoms with van der Waals surface area (Å²) in [5, 5.41) is 0. The number of benzene rings is 1. The van der Waals surface area contributed by atoms with Crippen LogP contribution in [0.25, 0.3) is 0 Å². The molecule has 4 rings (SSSR count). The number of carbonyl (C=O) groups is 2. The van der Waals surface area contributed by atoms with Crippen molar-refractivity contribution in [3.05, 3.63) is 53.0 Å². The van der Waals surface area contributed by atoms with Crippen LogP contribution in [0.1, 0.15) is 74.6 Å². The van der Waals surface area contributed by atoms with Gasteiger partial charge in [-0.25, -0.2) is 9.97 Å². The Morgan fingerprint density at radius 1 is 1.16 bits per heavy atom. The standard InChI is InChI=1S/C26H34N4O2/c1-18(2)17-24(32)29-15-8-12-22(29)25-27-19(3)21-13-14-23(31)30(26(21)28-25)16-7-11-20-9-5-4-6-10-20/h4-6,9-10,18,22H,7-8,11-17H2,1-3H3/t22-/m0/s1. The number of aromatic nitrogens is 2. The van der Waals surface area contributed by atoms with Gasteiger partial charge in [-0.15, -0.1) is 0 Å². The lowest BCUT2D eigenvalue weighted by molar-refractivity contribution is -0.133. The minimum Gasteiger partial charge on any atom is -0.332 e. The van der Waals surface area contributed by atoms with Gasteiger partial charge in [-0.3, -0.25) is 14.5 Å². The Morgan fingerprint density at radius 3 is 2.69 bits per heavy atom. The smallest absolute Gasteiger partial charge is 0.228 e. The first-order chi connectivity index (χ1) is 15.4. The zero-order valence-electron chi connectivity index (χ0n) is 19.5. The van der Waals surface area contributed by atoms with Gasteiger partial charge < -0.3 is 4.90 Å². The van der Waals surface area contributed by atoms with Crippen molar-refractivity contribution in [2.45, 2.75) is 71.8 Å². The van der Waals surface area contributed by atoms with Crippen molar-refractivity contribution >= 4 is 17.6 Å². The molecule has 0 radical (unpaired) electrons. The van der Waals surface area contributed by atoms with Gasteiger partial charge >= 0.3 is 0 Å². The maximum Gasteiger partial charge on any atom is 0.228 e. The van der Waals surface area contributed by atoms with Gasteiger partial charge in [0, 0.05) is 37.2 Å². The fourth-order valence-electron chi connectivity index (χ4n) is 4.87. The molecule has 0 N–H and O–H groups in total. The van der Waals surface area contributed by atoms with Crippen molar-refractivity contribution < 1.29 is 9.59 Å². The van der Waals surface area contributed by atoms with Crippen molar-refractivity contribution in [2.75, 3.05) is 18.0 Å². The quantitative estimate of drug-likeness (QED) is 0.648. The van der Waals surface area contributed by atoms with Crippen molar-refractivity contribution in [2.24, 2.45) is 5.92 Å². The maximum absolute atomic E-state index is 12.8. The van der Waals surface area contributed by atoms with E-state index in [0.717, 1.165) is 49.3 Å². The molecule has 0 saturated carbocycles. The summed E-state index contributed by atoms with van der Waals surface area (Å²) in [5.41, 5.74) is 3.29. The molecule has 0 unspecified atom stereocenters. The summed E-state index contributed by atoms with van der Waals surface area (Å²) in [6.07, 6.45) is 5.40. The van der Waals surface area contributed by atoms with E-state index in [1.807, 2.05) is 34.9 Å². The molecular weight excluding hydrogens is 400 g/mol. The number of amides is 2. The summed E-state index contributed by atoms with van der Waals surface area (Å²) in [6, 6.07) is 10.3. The molecule has 1 fully saturated rings. The molecule has 1 aromatic carbocycles. The van der Waals surface area contributed by atoms with Gasteiger partial charge in [0.05, 0.1) is 6.04 Å². The van der Waals surface area contributed by atoms with E-state index < -0.39 is 0 Å². The number of rotatable bonds is 7. The maximum atomic E-state index is 12.8. The molecule has 0 bridgehead atoms. The molecule has 1 atom stereocenters. The Balaban J connectivity index is 1.56. The Hall–Kier alpha value is -2.76. The van der Waals surface area contributed by atoms with Crippen LogP contribution >= 0.6 is 0 Å². The molecule has 3 heterocycles. The highest BCUT2D eigenvalue weighted by atomic mass is 16.2. The van der Waals surface area contributed by atoms with Crippen LogP contribution in [0.4, 0.5) is 5.82 Å². The van der Waals surface area contributed by atoms with Gasteiger partial charge in [0.2, 0.25) is 11.8 Å². The Bertz CT molecular complexity index is 973. The number of aryl methyl sites for hydroxylation is 2. The predicted molar refractivity (Wildman–Crippen MR) is 125 cm³/mol. The SMILES string of the molecule is Cc1nc([C@@H]2CCCN2C(=O)CC(C)C)nc2c1CCC(=O)N2CCCc1ccccc1. The zero-order valence-corrected chi connectivity index (χ0v) is 19.5. The predicted octanol–water partition coefficient (Wildman–Crippen LogP) is 4.41. The monoisotopic (exact) mass is 434 g/mol. The fraction of sp³-hybridized carbons (Fsp3) is 0.538. The molecule has 2 aliphatic heterocycles. The molecule has 2 aliphatic rings. The molecule has 1 aromatic heterocycles. The summed E-state index contributed by atoms with van der Waals surface area (Å²) in [7, 11) is 0. The summed E-state index contributed by atoms with van der Waals surface area (Å²) >= 11 is 0. The number of carbonyl (C=O) groups excluding carboxylic acids is 2. The molecule has 170 valence electrons. The first-order valence-corrected chi connectivity index (χ1v) is 11.9. The number of anilines is 1. The second-order valence-electron chi connectivity index (χ2n) is 9.45. The molecule has 2 aromatic rings. The number of hydrogen-bond donors (Lipinski definition) is 0. The van der Waals surface area contributed by atoms with Crippen LogP contribution in [0.2, 0.25) is 0 Å². The lowest BCUT2D eigenvalue weighted by atomic mass is 10.0. The largest absolute Gasteiger partial charge is 0.332 e. The molecular formula is C26H34N4O2. The van der Waals surface area contributed by atoms with Crippen LogP contribution in [-0.4, -0.2) is 39.8 Å². The second kappa shape index (κ2) is 9.80. The van der Waals surface area contributed by atoms with Crippen LogP contribution in [0.15, 0.2) is 30.3 Å². The van der Waals surface area contributed by atoms with Gasteiger partial charge in [-0.1, -0.05) is 44.2 Å². The van der Waals surface area contributed by atoms with Crippen molar-refractivity contribution in [3.8, 4) is 0 Å². The number of hydrogen-bond acceptors (Lipinski definition) is 4. The topological polar surface area (TPSA) is 66.4 Å². The third-order valence-electron chi connectivity index (χ3n) is 6.50. The third-order valence-corrected chi connectivity index (χ3v) is 6.50. The number of nitrogens with zero attached hydrogens (tertiary/aromatic N) is 4. The molecule has 1 saturated heterocycles. The molecule has 6 heteroatoms. The van der Waals surface area contributed by atoms with Crippen molar-refractivity contribution in [3.63, 3.8) is 0 Å².